The van der Waals surface area contributed by atoms with Crippen molar-refractivity contribution in [3.8, 4) is 0 Å². The molecule has 0 bridgehead atoms. The molecule has 0 aliphatic heterocycles. The molecule has 0 aliphatic carbocycles. The molecule has 0 saturated carbocycles. The number of nitrogen functional groups attached to an aromatic ring is 1. The summed E-state index contributed by atoms with van der Waals surface area (Å²) in [7, 11) is 0. The Morgan fingerprint density at radius 2 is 2.21 bits per heavy atom. The van der Waals surface area contributed by atoms with Crippen LogP contribution in [0, 0.1) is 6.92 Å². The molecule has 0 atom stereocenters. The lowest BCUT2D eigenvalue weighted by Gasteiger charge is -2.07. The number of thiazole rings is 1. The molecule has 0 spiro atoms. The molecule has 3 N–H and O–H groups in total. The molecule has 0 saturated heterocycles. The van der Waals surface area contributed by atoms with Crippen molar-refractivity contribution in [2.45, 2.75) is 13.5 Å². The van der Waals surface area contributed by atoms with E-state index in [4.69, 9.17) is 5.73 Å². The molecule has 5 nitrogen and oxygen atoms in total. The van der Waals surface area contributed by atoms with E-state index in [0.717, 1.165) is 27.4 Å². The smallest absolute Gasteiger partial charge is 0.137 e. The number of benzene rings is 1. The summed E-state index contributed by atoms with van der Waals surface area (Å²) in [6.07, 6.45) is 1.54. The molecular weight excluding hydrogens is 258 g/mol. The van der Waals surface area contributed by atoms with Crippen LogP contribution in [0.4, 0.5) is 11.5 Å². The van der Waals surface area contributed by atoms with Crippen molar-refractivity contribution < 1.29 is 0 Å². The quantitative estimate of drug-likeness (QED) is 0.716. The first-order chi connectivity index (χ1) is 9.22. The minimum Gasteiger partial charge on any atom is -0.399 e. The number of aryl methyl sites for hydroxylation is 1. The zero-order valence-corrected chi connectivity index (χ0v) is 11.2. The van der Waals surface area contributed by atoms with Gasteiger partial charge in [-0.25, -0.2) is 15.0 Å². The van der Waals surface area contributed by atoms with Gasteiger partial charge in [0, 0.05) is 16.5 Å². The number of aromatic nitrogens is 3. The molecule has 0 fully saturated rings. The Morgan fingerprint density at radius 3 is 3.00 bits per heavy atom. The Hall–Kier alpha value is -2.21. The highest BCUT2D eigenvalue weighted by Gasteiger charge is 2.04. The van der Waals surface area contributed by atoms with E-state index in [-0.39, 0.29) is 0 Å². The topological polar surface area (TPSA) is 76.7 Å². The van der Waals surface area contributed by atoms with Crippen LogP contribution in [0.2, 0.25) is 0 Å². The summed E-state index contributed by atoms with van der Waals surface area (Å²) >= 11 is 1.64. The average Bonchev–Trinajstić information content (AvgIpc) is 2.81. The first kappa shape index (κ1) is 11.9. The van der Waals surface area contributed by atoms with Crippen molar-refractivity contribution >= 4 is 33.7 Å². The highest BCUT2D eigenvalue weighted by atomic mass is 32.1. The van der Waals surface area contributed by atoms with Gasteiger partial charge in [0.05, 0.1) is 22.8 Å². The van der Waals surface area contributed by atoms with Gasteiger partial charge in [0.15, 0.2) is 0 Å². The van der Waals surface area contributed by atoms with Crippen LogP contribution in [-0.4, -0.2) is 15.0 Å². The molecular formula is C13H13N5S. The van der Waals surface area contributed by atoms with Gasteiger partial charge in [0.2, 0.25) is 0 Å². The molecule has 0 radical (unpaired) electrons. The summed E-state index contributed by atoms with van der Waals surface area (Å²) < 4.78 is 0. The number of fused-ring (bicyclic) bond motifs is 1. The van der Waals surface area contributed by atoms with Crippen molar-refractivity contribution in [2.24, 2.45) is 0 Å². The largest absolute Gasteiger partial charge is 0.399 e. The van der Waals surface area contributed by atoms with E-state index in [1.807, 2.05) is 30.5 Å². The van der Waals surface area contributed by atoms with E-state index >= 15 is 0 Å². The first-order valence-electron chi connectivity index (χ1n) is 5.87. The predicted molar refractivity (Wildman–Crippen MR) is 78.1 cm³/mol. The summed E-state index contributed by atoms with van der Waals surface area (Å²) in [6, 6.07) is 5.62. The van der Waals surface area contributed by atoms with E-state index in [2.05, 4.69) is 20.3 Å². The Kier molecular flexibility index (Phi) is 3.00. The van der Waals surface area contributed by atoms with E-state index in [9.17, 15) is 0 Å². The van der Waals surface area contributed by atoms with Gasteiger partial charge in [0.1, 0.15) is 12.1 Å². The number of hydrogen-bond donors (Lipinski definition) is 2. The van der Waals surface area contributed by atoms with Gasteiger partial charge < -0.3 is 11.1 Å². The summed E-state index contributed by atoms with van der Waals surface area (Å²) in [5.41, 5.74) is 8.31. The van der Waals surface area contributed by atoms with E-state index in [1.54, 1.807) is 11.3 Å². The maximum Gasteiger partial charge on any atom is 0.137 e. The van der Waals surface area contributed by atoms with Crippen molar-refractivity contribution in [3.63, 3.8) is 0 Å². The van der Waals surface area contributed by atoms with Crippen molar-refractivity contribution in [3.05, 3.63) is 40.6 Å². The Bertz CT molecular complexity index is 722. The summed E-state index contributed by atoms with van der Waals surface area (Å²) in [5, 5.41) is 7.36. The minimum absolute atomic E-state index is 0.654. The third-order valence-electron chi connectivity index (χ3n) is 2.76. The van der Waals surface area contributed by atoms with Gasteiger partial charge in [-0.2, -0.15) is 0 Å². The normalized spacial score (nSPS) is 10.8. The SMILES string of the molecule is Cc1nc(CNc2ncnc3cc(N)ccc23)cs1. The van der Waals surface area contributed by atoms with Crippen LogP contribution in [-0.2, 0) is 6.54 Å². The van der Waals surface area contributed by atoms with Crippen LogP contribution in [0.15, 0.2) is 29.9 Å². The second-order valence-corrected chi connectivity index (χ2v) is 5.27. The number of anilines is 2. The van der Waals surface area contributed by atoms with Gasteiger partial charge in [-0.15, -0.1) is 11.3 Å². The molecule has 96 valence electrons. The molecule has 6 heteroatoms. The molecule has 19 heavy (non-hydrogen) atoms. The molecule has 3 aromatic rings. The lowest BCUT2D eigenvalue weighted by atomic mass is 10.2. The average molecular weight is 271 g/mol. The third-order valence-corrected chi connectivity index (χ3v) is 3.59. The predicted octanol–water partition coefficient (Wildman–Crippen LogP) is 2.59. The standard InChI is InChI=1S/C13H13N5S/c1-8-18-10(6-19-8)5-15-13-11-3-2-9(14)4-12(11)16-7-17-13/h2-4,6-7H,5,14H2,1H3,(H,15,16,17). The fraction of sp³-hybridized carbons (Fsp3) is 0.154. The molecule has 2 aromatic heterocycles. The van der Waals surface area contributed by atoms with Gasteiger partial charge in [0.25, 0.3) is 0 Å². The number of rotatable bonds is 3. The zero-order chi connectivity index (χ0) is 13.2. The van der Waals surface area contributed by atoms with Gasteiger partial charge >= 0.3 is 0 Å². The highest BCUT2D eigenvalue weighted by molar-refractivity contribution is 7.09. The first-order valence-corrected chi connectivity index (χ1v) is 6.75. The van der Waals surface area contributed by atoms with Gasteiger partial charge in [-0.05, 0) is 25.1 Å². The van der Waals surface area contributed by atoms with E-state index < -0.39 is 0 Å². The molecule has 0 amide bonds. The second kappa shape index (κ2) is 4.81. The Balaban J connectivity index is 1.88. The van der Waals surface area contributed by atoms with E-state index in [0.29, 0.717) is 12.2 Å². The van der Waals surface area contributed by atoms with Crippen LogP contribution in [0.1, 0.15) is 10.7 Å². The third kappa shape index (κ3) is 2.48. The van der Waals surface area contributed by atoms with Crippen LogP contribution in [0.5, 0.6) is 0 Å². The number of nitrogens with one attached hydrogen (secondary N) is 1. The fourth-order valence-corrected chi connectivity index (χ4v) is 2.49. The maximum absolute atomic E-state index is 5.75. The molecule has 2 heterocycles. The van der Waals surface area contributed by atoms with Crippen molar-refractivity contribution in [2.75, 3.05) is 11.1 Å². The molecule has 1 aromatic carbocycles. The number of hydrogen-bond acceptors (Lipinski definition) is 6. The van der Waals surface area contributed by atoms with Crippen LogP contribution in [0.3, 0.4) is 0 Å². The molecule has 3 rings (SSSR count). The molecule has 0 aliphatic rings. The van der Waals surface area contributed by atoms with Gasteiger partial charge in [-0.3, -0.25) is 0 Å². The van der Waals surface area contributed by atoms with Crippen LogP contribution >= 0.6 is 11.3 Å². The zero-order valence-electron chi connectivity index (χ0n) is 10.4. The van der Waals surface area contributed by atoms with Gasteiger partial charge in [-0.1, -0.05) is 0 Å². The summed E-state index contributed by atoms with van der Waals surface area (Å²) in [5.74, 6) is 0.802. The van der Waals surface area contributed by atoms with Crippen molar-refractivity contribution in [1.82, 2.24) is 15.0 Å². The number of nitrogens with zero attached hydrogens (tertiary/aromatic N) is 3. The summed E-state index contributed by atoms with van der Waals surface area (Å²) in [4.78, 5) is 12.9. The fourth-order valence-electron chi connectivity index (χ4n) is 1.88. The van der Waals surface area contributed by atoms with Crippen LogP contribution < -0.4 is 11.1 Å². The molecule has 0 unspecified atom stereocenters. The second-order valence-electron chi connectivity index (χ2n) is 4.21. The monoisotopic (exact) mass is 271 g/mol. The lowest BCUT2D eigenvalue weighted by Crippen LogP contribution is -2.03. The lowest BCUT2D eigenvalue weighted by molar-refractivity contribution is 1.04. The highest BCUT2D eigenvalue weighted by Crippen LogP contribution is 2.21. The summed E-state index contributed by atoms with van der Waals surface area (Å²) in [6.45, 7) is 2.65. The van der Waals surface area contributed by atoms with Crippen LogP contribution in [0.25, 0.3) is 10.9 Å². The van der Waals surface area contributed by atoms with Crippen molar-refractivity contribution in [1.29, 1.82) is 0 Å². The van der Waals surface area contributed by atoms with E-state index in [1.165, 1.54) is 6.33 Å². The minimum atomic E-state index is 0.654. The Morgan fingerprint density at radius 1 is 1.32 bits per heavy atom. The Labute approximate surface area is 114 Å². The number of nitrogens with two attached hydrogens (primary N) is 1. The maximum atomic E-state index is 5.75.